The van der Waals surface area contributed by atoms with Crippen LogP contribution in [-0.2, 0) is 0 Å². The number of para-hydroxylation sites is 1. The second-order valence-electron chi connectivity index (χ2n) is 12.3. The Labute approximate surface area is 292 Å². The summed E-state index contributed by atoms with van der Waals surface area (Å²) in [5.74, 6) is 0. The van der Waals surface area contributed by atoms with Crippen LogP contribution in [0.1, 0.15) is 0 Å². The van der Waals surface area contributed by atoms with Crippen molar-refractivity contribution in [1.82, 2.24) is 4.98 Å². The van der Waals surface area contributed by atoms with Gasteiger partial charge in [-0.1, -0.05) is 84.9 Å². The third-order valence-corrected chi connectivity index (χ3v) is 13.0. The van der Waals surface area contributed by atoms with Crippen molar-refractivity contribution in [2.24, 2.45) is 0 Å². The molecule has 3 nitrogen and oxygen atoms in total. The van der Waals surface area contributed by atoms with E-state index < -0.39 is 0 Å². The number of rotatable bonds is 4. The van der Waals surface area contributed by atoms with Crippen molar-refractivity contribution in [3.05, 3.63) is 146 Å². The van der Waals surface area contributed by atoms with Crippen LogP contribution in [0.3, 0.4) is 0 Å². The van der Waals surface area contributed by atoms with Gasteiger partial charge in [-0.3, -0.25) is 0 Å². The molecule has 230 valence electrons. The van der Waals surface area contributed by atoms with Crippen molar-refractivity contribution in [2.75, 3.05) is 4.90 Å². The van der Waals surface area contributed by atoms with Crippen LogP contribution in [0.2, 0.25) is 0 Å². The summed E-state index contributed by atoms with van der Waals surface area (Å²) in [5.41, 5.74) is 7.18. The SMILES string of the molecule is c1ccc(-c2nc3cc(N(c4ccc5c(c4)oc4ccccc45)c4ccc5sc6ccccc6c5c4)c4sc5ccccc5c4c3s2)cc1. The number of anilines is 3. The van der Waals surface area contributed by atoms with Crippen LogP contribution in [-0.4, -0.2) is 4.98 Å². The van der Waals surface area contributed by atoms with E-state index in [2.05, 4.69) is 138 Å². The molecule has 11 rings (SSSR count). The highest BCUT2D eigenvalue weighted by Gasteiger charge is 2.24. The van der Waals surface area contributed by atoms with E-state index in [0.717, 1.165) is 55.1 Å². The van der Waals surface area contributed by atoms with E-state index >= 15 is 0 Å². The highest BCUT2D eigenvalue weighted by atomic mass is 32.1. The van der Waals surface area contributed by atoms with Gasteiger partial charge in [0.1, 0.15) is 16.2 Å². The van der Waals surface area contributed by atoms with Crippen LogP contribution in [0.5, 0.6) is 0 Å². The Hall–Kier alpha value is -5.53. The molecule has 0 saturated carbocycles. The molecule has 0 amide bonds. The Morgan fingerprint density at radius 2 is 1.14 bits per heavy atom. The van der Waals surface area contributed by atoms with Gasteiger partial charge in [0, 0.05) is 69.4 Å². The summed E-state index contributed by atoms with van der Waals surface area (Å²) >= 11 is 5.49. The predicted octanol–water partition coefficient (Wildman–Crippen LogP) is 14.1. The molecule has 0 saturated heterocycles. The van der Waals surface area contributed by atoms with Crippen molar-refractivity contribution in [3.63, 3.8) is 0 Å². The summed E-state index contributed by atoms with van der Waals surface area (Å²) < 4.78 is 12.8. The molecule has 4 heterocycles. The Morgan fingerprint density at radius 3 is 2.02 bits per heavy atom. The van der Waals surface area contributed by atoms with Gasteiger partial charge < -0.3 is 9.32 Å². The zero-order valence-corrected chi connectivity index (χ0v) is 28.3. The molecule has 0 aliphatic carbocycles. The summed E-state index contributed by atoms with van der Waals surface area (Å²) in [6, 6.07) is 52.1. The van der Waals surface area contributed by atoms with Crippen molar-refractivity contribution in [1.29, 1.82) is 0 Å². The van der Waals surface area contributed by atoms with Gasteiger partial charge in [0.25, 0.3) is 0 Å². The lowest BCUT2D eigenvalue weighted by Crippen LogP contribution is -2.10. The van der Waals surface area contributed by atoms with Gasteiger partial charge in [-0.05, 0) is 54.6 Å². The molecule has 0 radical (unpaired) electrons. The fraction of sp³-hybridized carbons (Fsp3) is 0. The van der Waals surface area contributed by atoms with Gasteiger partial charge in [-0.25, -0.2) is 4.98 Å². The number of thiophene rings is 2. The smallest absolute Gasteiger partial charge is 0.137 e. The standard InChI is InChI=1S/C43H24N2OS3/c1-2-10-25(11-3-1)43-44-33-24-34(42-40(41(33)49-43)31-14-6-9-17-38(31)48-42)45(26-19-21-39-32(22-26)30-13-5-8-16-37(30)47-39)27-18-20-29-28-12-4-7-15-35(28)46-36(29)23-27/h1-24H. The van der Waals surface area contributed by atoms with Crippen LogP contribution in [0.15, 0.2) is 150 Å². The molecule has 0 N–H and O–H groups in total. The molecule has 7 aromatic carbocycles. The maximum Gasteiger partial charge on any atom is 0.137 e. The lowest BCUT2D eigenvalue weighted by molar-refractivity contribution is 0.669. The number of thiazole rings is 1. The second-order valence-corrected chi connectivity index (χ2v) is 15.5. The third kappa shape index (κ3) is 4.15. The van der Waals surface area contributed by atoms with E-state index in [9.17, 15) is 0 Å². The Bertz CT molecular complexity index is 3070. The summed E-state index contributed by atoms with van der Waals surface area (Å²) in [6.45, 7) is 0. The number of aromatic nitrogens is 1. The molecule has 0 aliphatic heterocycles. The van der Waals surface area contributed by atoms with Gasteiger partial charge in [0.05, 0.1) is 20.6 Å². The molecule has 4 aromatic heterocycles. The van der Waals surface area contributed by atoms with Gasteiger partial charge in [-0.15, -0.1) is 34.0 Å². The van der Waals surface area contributed by atoms with Gasteiger partial charge >= 0.3 is 0 Å². The van der Waals surface area contributed by atoms with E-state index in [1.54, 1.807) is 11.3 Å². The van der Waals surface area contributed by atoms with Crippen LogP contribution in [0.4, 0.5) is 17.1 Å². The average Bonchev–Trinajstić information content (AvgIpc) is 3.93. The summed E-state index contributed by atoms with van der Waals surface area (Å²) in [6.07, 6.45) is 0. The van der Waals surface area contributed by atoms with Crippen LogP contribution in [0, 0.1) is 0 Å². The largest absolute Gasteiger partial charge is 0.456 e. The van der Waals surface area contributed by atoms with E-state index in [-0.39, 0.29) is 0 Å². The first kappa shape index (κ1) is 27.4. The highest BCUT2D eigenvalue weighted by Crippen LogP contribution is 2.51. The number of furan rings is 1. The Kier molecular flexibility index (Phi) is 5.87. The average molecular weight is 681 g/mol. The van der Waals surface area contributed by atoms with Gasteiger partial charge in [0.2, 0.25) is 0 Å². The first-order valence-corrected chi connectivity index (χ1v) is 18.6. The summed E-state index contributed by atoms with van der Waals surface area (Å²) in [7, 11) is 0. The fourth-order valence-corrected chi connectivity index (χ4v) is 10.7. The molecule has 6 heteroatoms. The zero-order valence-electron chi connectivity index (χ0n) is 25.9. The maximum atomic E-state index is 6.46. The topological polar surface area (TPSA) is 29.3 Å². The zero-order chi connectivity index (χ0) is 32.1. The minimum Gasteiger partial charge on any atom is -0.456 e. The number of hydrogen-bond acceptors (Lipinski definition) is 6. The van der Waals surface area contributed by atoms with E-state index in [1.165, 1.54) is 45.0 Å². The summed E-state index contributed by atoms with van der Waals surface area (Å²) in [5, 5.41) is 8.37. The fourth-order valence-electron chi connectivity index (χ4n) is 7.26. The van der Waals surface area contributed by atoms with Crippen LogP contribution >= 0.6 is 34.0 Å². The normalized spacial score (nSPS) is 12.1. The monoisotopic (exact) mass is 680 g/mol. The Morgan fingerprint density at radius 1 is 0.469 bits per heavy atom. The minimum absolute atomic E-state index is 0.874. The minimum atomic E-state index is 0.874. The molecule has 0 spiro atoms. The molecular weight excluding hydrogens is 657 g/mol. The lowest BCUT2D eigenvalue weighted by atomic mass is 10.1. The molecule has 11 aromatic rings. The summed E-state index contributed by atoms with van der Waals surface area (Å²) in [4.78, 5) is 7.70. The van der Waals surface area contributed by atoms with Gasteiger partial charge in [0.15, 0.2) is 0 Å². The second kappa shape index (κ2) is 10.5. The molecule has 0 aliphatic rings. The number of nitrogens with zero attached hydrogens (tertiary/aromatic N) is 2. The number of fused-ring (bicyclic) bond motifs is 11. The molecule has 0 atom stereocenters. The lowest BCUT2D eigenvalue weighted by Gasteiger charge is -2.26. The first-order chi connectivity index (χ1) is 24.3. The van der Waals surface area contributed by atoms with Crippen molar-refractivity contribution in [2.45, 2.75) is 0 Å². The Balaban J connectivity index is 1.24. The molecule has 0 fully saturated rings. The highest BCUT2D eigenvalue weighted by molar-refractivity contribution is 7.28. The molecular formula is C43H24N2OS3. The van der Waals surface area contributed by atoms with Gasteiger partial charge in [-0.2, -0.15) is 0 Å². The van der Waals surface area contributed by atoms with Crippen molar-refractivity contribution >= 4 is 124 Å². The van der Waals surface area contributed by atoms with E-state index in [1.807, 2.05) is 34.8 Å². The number of benzene rings is 7. The van der Waals surface area contributed by atoms with E-state index in [4.69, 9.17) is 9.40 Å². The number of hydrogen-bond donors (Lipinski definition) is 0. The molecule has 49 heavy (non-hydrogen) atoms. The van der Waals surface area contributed by atoms with Crippen molar-refractivity contribution < 1.29 is 4.42 Å². The third-order valence-electron chi connectivity index (χ3n) is 9.48. The van der Waals surface area contributed by atoms with Crippen molar-refractivity contribution in [3.8, 4) is 10.6 Å². The first-order valence-electron chi connectivity index (χ1n) is 16.2. The quantitative estimate of drug-likeness (QED) is 0.185. The van der Waals surface area contributed by atoms with Crippen LogP contribution < -0.4 is 4.90 Å². The predicted molar refractivity (Wildman–Crippen MR) is 213 cm³/mol. The van der Waals surface area contributed by atoms with E-state index in [0.29, 0.717) is 0 Å². The van der Waals surface area contributed by atoms with Crippen LogP contribution in [0.25, 0.3) is 83.1 Å². The molecule has 0 bridgehead atoms. The maximum absolute atomic E-state index is 6.46. The molecule has 0 unspecified atom stereocenters.